The molecule has 0 fully saturated rings. The van der Waals surface area contributed by atoms with Gasteiger partial charge in [-0.3, -0.25) is 9.03 Å². The summed E-state index contributed by atoms with van der Waals surface area (Å²) in [5.74, 6) is 0.0542. The van der Waals surface area contributed by atoms with Gasteiger partial charge in [-0.2, -0.15) is 0 Å². The fraction of sp³-hybridized carbons (Fsp3) is 0.333. The SMILES string of the molecule is CCCS(=O)(=O)Nc1ccc2c(c1)CCCN2S(=O)(=O)c1ccccc1. The summed E-state index contributed by atoms with van der Waals surface area (Å²) in [6.07, 6.45) is 1.92. The minimum atomic E-state index is -3.64. The zero-order valence-corrected chi connectivity index (χ0v) is 16.2. The van der Waals surface area contributed by atoms with Crippen molar-refractivity contribution in [2.75, 3.05) is 21.3 Å². The lowest BCUT2D eigenvalue weighted by atomic mass is 10.0. The van der Waals surface area contributed by atoms with Crippen LogP contribution in [-0.2, 0) is 26.5 Å². The minimum absolute atomic E-state index is 0.0542. The predicted octanol–water partition coefficient (Wildman–Crippen LogP) is 2.98. The lowest BCUT2D eigenvalue weighted by Crippen LogP contribution is -2.35. The molecule has 3 rings (SSSR count). The van der Waals surface area contributed by atoms with Gasteiger partial charge in [-0.1, -0.05) is 25.1 Å². The van der Waals surface area contributed by atoms with Gasteiger partial charge < -0.3 is 0 Å². The third-order valence-electron chi connectivity index (χ3n) is 4.23. The number of nitrogens with one attached hydrogen (secondary N) is 1. The summed E-state index contributed by atoms with van der Waals surface area (Å²) in [6, 6.07) is 13.4. The topological polar surface area (TPSA) is 83.6 Å². The van der Waals surface area contributed by atoms with Crippen molar-refractivity contribution in [2.24, 2.45) is 0 Å². The van der Waals surface area contributed by atoms with Crippen molar-refractivity contribution in [3.63, 3.8) is 0 Å². The van der Waals surface area contributed by atoms with Crippen LogP contribution in [0.25, 0.3) is 0 Å². The normalized spacial score (nSPS) is 14.7. The molecular formula is C18H22N2O4S2. The van der Waals surface area contributed by atoms with E-state index in [4.69, 9.17) is 0 Å². The number of hydrogen-bond acceptors (Lipinski definition) is 4. The summed E-state index contributed by atoms with van der Waals surface area (Å²) < 4.78 is 53.8. The van der Waals surface area contributed by atoms with Crippen LogP contribution in [0, 0.1) is 0 Å². The zero-order chi connectivity index (χ0) is 18.8. The van der Waals surface area contributed by atoms with Gasteiger partial charge in [-0.15, -0.1) is 0 Å². The van der Waals surface area contributed by atoms with E-state index in [2.05, 4.69) is 4.72 Å². The van der Waals surface area contributed by atoms with Crippen LogP contribution in [0.4, 0.5) is 11.4 Å². The molecule has 1 aliphatic rings. The molecule has 0 bridgehead atoms. The van der Waals surface area contributed by atoms with Gasteiger partial charge in [0.25, 0.3) is 10.0 Å². The molecule has 2 aromatic rings. The van der Waals surface area contributed by atoms with Gasteiger partial charge in [0.05, 0.1) is 16.3 Å². The highest BCUT2D eigenvalue weighted by Gasteiger charge is 2.29. The summed E-state index contributed by atoms with van der Waals surface area (Å²) in [7, 11) is -7.02. The minimum Gasteiger partial charge on any atom is -0.284 e. The lowest BCUT2D eigenvalue weighted by Gasteiger charge is -2.31. The number of aryl methyl sites for hydroxylation is 1. The molecule has 1 aliphatic heterocycles. The molecule has 6 nitrogen and oxygen atoms in total. The van der Waals surface area contributed by atoms with Gasteiger partial charge in [0.15, 0.2) is 0 Å². The van der Waals surface area contributed by atoms with Gasteiger partial charge >= 0.3 is 0 Å². The van der Waals surface area contributed by atoms with E-state index in [1.807, 2.05) is 0 Å². The highest BCUT2D eigenvalue weighted by molar-refractivity contribution is 7.93. The van der Waals surface area contributed by atoms with Crippen molar-refractivity contribution in [3.8, 4) is 0 Å². The average Bonchev–Trinajstić information content (AvgIpc) is 2.61. The van der Waals surface area contributed by atoms with Gasteiger partial charge in [-0.25, -0.2) is 16.8 Å². The fourth-order valence-electron chi connectivity index (χ4n) is 3.09. The monoisotopic (exact) mass is 394 g/mol. The Morgan fingerprint density at radius 3 is 2.46 bits per heavy atom. The Bertz CT molecular complexity index is 987. The molecule has 1 N–H and O–H groups in total. The van der Waals surface area contributed by atoms with Crippen LogP contribution >= 0.6 is 0 Å². The van der Waals surface area contributed by atoms with E-state index in [0.717, 1.165) is 5.56 Å². The third-order valence-corrected chi connectivity index (χ3v) is 7.55. The fourth-order valence-corrected chi connectivity index (χ4v) is 5.78. The van der Waals surface area contributed by atoms with E-state index >= 15 is 0 Å². The van der Waals surface area contributed by atoms with E-state index in [1.54, 1.807) is 55.5 Å². The Morgan fingerprint density at radius 2 is 1.77 bits per heavy atom. The van der Waals surface area contributed by atoms with Crippen molar-refractivity contribution in [3.05, 3.63) is 54.1 Å². The van der Waals surface area contributed by atoms with Crippen LogP contribution in [0.2, 0.25) is 0 Å². The maximum Gasteiger partial charge on any atom is 0.264 e. The summed E-state index contributed by atoms with van der Waals surface area (Å²) in [5, 5.41) is 0. The summed E-state index contributed by atoms with van der Waals surface area (Å²) in [4.78, 5) is 0.251. The standard InChI is InChI=1S/C18H22N2O4S2/c1-2-13-25(21,22)19-16-10-11-18-15(14-16)7-6-12-20(18)26(23,24)17-8-4-3-5-9-17/h3-5,8-11,14,19H,2,6-7,12-13H2,1H3. The number of fused-ring (bicyclic) bond motifs is 1. The molecular weight excluding hydrogens is 372 g/mol. The predicted molar refractivity (Wildman–Crippen MR) is 103 cm³/mol. The molecule has 0 spiro atoms. The number of nitrogens with zero attached hydrogens (tertiary/aromatic N) is 1. The molecule has 0 atom stereocenters. The molecule has 0 aromatic heterocycles. The molecule has 0 saturated heterocycles. The Labute approximate surface area is 155 Å². The average molecular weight is 395 g/mol. The maximum atomic E-state index is 13.0. The molecule has 140 valence electrons. The summed E-state index contributed by atoms with van der Waals surface area (Å²) >= 11 is 0. The first kappa shape index (κ1) is 18.7. The lowest BCUT2D eigenvalue weighted by molar-refractivity contribution is 0.586. The highest BCUT2D eigenvalue weighted by atomic mass is 32.2. The molecule has 0 saturated carbocycles. The second-order valence-electron chi connectivity index (χ2n) is 6.26. The number of anilines is 2. The third kappa shape index (κ3) is 3.86. The Morgan fingerprint density at radius 1 is 1.04 bits per heavy atom. The van der Waals surface area contributed by atoms with Crippen LogP contribution in [0.1, 0.15) is 25.3 Å². The highest BCUT2D eigenvalue weighted by Crippen LogP contribution is 2.33. The maximum absolute atomic E-state index is 13.0. The molecule has 0 aliphatic carbocycles. The van der Waals surface area contributed by atoms with E-state index in [1.165, 1.54) is 4.31 Å². The molecule has 0 radical (unpaired) electrons. The molecule has 1 heterocycles. The van der Waals surface area contributed by atoms with Gasteiger partial charge in [0.2, 0.25) is 10.0 Å². The molecule has 2 aromatic carbocycles. The summed E-state index contributed by atoms with van der Waals surface area (Å²) in [5.41, 5.74) is 1.90. The van der Waals surface area contributed by atoms with Gasteiger partial charge in [0, 0.05) is 12.2 Å². The second kappa shape index (κ2) is 7.28. The van der Waals surface area contributed by atoms with E-state index in [-0.39, 0.29) is 10.6 Å². The van der Waals surface area contributed by atoms with E-state index in [9.17, 15) is 16.8 Å². The molecule has 0 unspecified atom stereocenters. The van der Waals surface area contributed by atoms with Crippen molar-refractivity contribution in [2.45, 2.75) is 31.1 Å². The quantitative estimate of drug-likeness (QED) is 0.816. The zero-order valence-electron chi connectivity index (χ0n) is 14.6. The molecule has 8 heteroatoms. The van der Waals surface area contributed by atoms with Crippen LogP contribution in [0.3, 0.4) is 0 Å². The first-order chi connectivity index (χ1) is 12.3. The Hall–Kier alpha value is -2.06. The van der Waals surface area contributed by atoms with Gasteiger partial charge in [0.1, 0.15) is 0 Å². The number of sulfonamides is 2. The second-order valence-corrected chi connectivity index (χ2v) is 9.96. The molecule has 0 amide bonds. The Balaban J connectivity index is 1.94. The molecule has 26 heavy (non-hydrogen) atoms. The van der Waals surface area contributed by atoms with Gasteiger partial charge in [-0.05, 0) is 55.2 Å². The van der Waals surface area contributed by atoms with Crippen LogP contribution in [0.15, 0.2) is 53.4 Å². The van der Waals surface area contributed by atoms with Crippen molar-refractivity contribution < 1.29 is 16.8 Å². The largest absolute Gasteiger partial charge is 0.284 e. The number of hydrogen-bond donors (Lipinski definition) is 1. The Kier molecular flexibility index (Phi) is 5.24. The van der Waals surface area contributed by atoms with E-state index < -0.39 is 20.0 Å². The first-order valence-corrected chi connectivity index (χ1v) is 11.6. The van der Waals surface area contributed by atoms with Crippen molar-refractivity contribution >= 4 is 31.4 Å². The smallest absolute Gasteiger partial charge is 0.264 e. The van der Waals surface area contributed by atoms with Crippen LogP contribution < -0.4 is 9.03 Å². The van der Waals surface area contributed by atoms with Crippen molar-refractivity contribution in [1.82, 2.24) is 0 Å². The van der Waals surface area contributed by atoms with Crippen LogP contribution in [0.5, 0.6) is 0 Å². The van der Waals surface area contributed by atoms with Crippen molar-refractivity contribution in [1.29, 1.82) is 0 Å². The number of benzene rings is 2. The summed E-state index contributed by atoms with van der Waals surface area (Å²) in [6.45, 7) is 2.21. The van der Waals surface area contributed by atoms with E-state index in [0.29, 0.717) is 37.2 Å². The number of rotatable bonds is 6. The first-order valence-electron chi connectivity index (χ1n) is 8.55. The van der Waals surface area contributed by atoms with Crippen LogP contribution in [-0.4, -0.2) is 29.1 Å².